The van der Waals surface area contributed by atoms with Crippen LogP contribution in [0.2, 0.25) is 0 Å². The van der Waals surface area contributed by atoms with Crippen molar-refractivity contribution in [2.75, 3.05) is 26.3 Å². The predicted molar refractivity (Wildman–Crippen MR) is 39.1 cm³/mol. The van der Waals surface area contributed by atoms with Crippen LogP contribution in [0.5, 0.6) is 0 Å². The molecule has 0 radical (unpaired) electrons. The summed E-state index contributed by atoms with van der Waals surface area (Å²) >= 11 is 0. The molecule has 0 bridgehead atoms. The number of carbonyl (C=O) groups is 1. The third-order valence-electron chi connectivity index (χ3n) is 1.87. The molecule has 1 unspecified atom stereocenters. The van der Waals surface area contributed by atoms with Gasteiger partial charge in [0.2, 0.25) is 0 Å². The van der Waals surface area contributed by atoms with E-state index in [4.69, 9.17) is 4.74 Å². The van der Waals surface area contributed by atoms with Crippen LogP contribution in [0.1, 0.15) is 6.92 Å². The Balaban J connectivity index is 2.50. The van der Waals surface area contributed by atoms with E-state index in [2.05, 4.69) is 0 Å². The van der Waals surface area contributed by atoms with Gasteiger partial charge in [-0.3, -0.25) is 9.69 Å². The molecule has 11 heavy (non-hydrogen) atoms. The van der Waals surface area contributed by atoms with E-state index in [0.717, 1.165) is 0 Å². The lowest BCUT2D eigenvalue weighted by Crippen LogP contribution is -2.52. The maximum Gasteiger partial charge on any atom is 0.172 e. The first-order valence-electron chi connectivity index (χ1n) is 3.68. The molecule has 1 N–H and O–H groups in total. The van der Waals surface area contributed by atoms with Gasteiger partial charge in [-0.2, -0.15) is 0 Å². The van der Waals surface area contributed by atoms with Crippen LogP contribution >= 0.6 is 0 Å². The highest BCUT2D eigenvalue weighted by Gasteiger charge is 2.29. The van der Waals surface area contributed by atoms with Crippen molar-refractivity contribution in [2.45, 2.75) is 12.6 Å². The van der Waals surface area contributed by atoms with Crippen molar-refractivity contribution in [1.29, 1.82) is 0 Å². The minimum Gasteiger partial charge on any atom is -0.379 e. The van der Waals surface area contributed by atoms with Crippen LogP contribution in [0.4, 0.5) is 0 Å². The van der Waals surface area contributed by atoms with Gasteiger partial charge in [-0.25, -0.2) is 0 Å². The Labute approximate surface area is 65.8 Å². The Morgan fingerprint density at radius 2 is 2.09 bits per heavy atom. The molecule has 1 rings (SSSR count). The van der Waals surface area contributed by atoms with Crippen molar-refractivity contribution >= 4 is 6.29 Å². The van der Waals surface area contributed by atoms with Crippen molar-refractivity contribution in [3.8, 4) is 0 Å². The fourth-order valence-corrected chi connectivity index (χ4v) is 1.09. The molecule has 4 nitrogen and oxygen atoms in total. The fraction of sp³-hybridized carbons (Fsp3) is 0.857. The second kappa shape index (κ2) is 3.30. The highest BCUT2D eigenvalue weighted by atomic mass is 16.5. The van der Waals surface area contributed by atoms with E-state index in [1.807, 2.05) is 0 Å². The SMILES string of the molecule is CC(O)(C=O)N1CCOCC1. The largest absolute Gasteiger partial charge is 0.379 e. The molecule has 1 saturated heterocycles. The highest BCUT2D eigenvalue weighted by Crippen LogP contribution is 2.09. The van der Waals surface area contributed by atoms with E-state index < -0.39 is 5.72 Å². The van der Waals surface area contributed by atoms with Gasteiger partial charge < -0.3 is 9.84 Å². The van der Waals surface area contributed by atoms with Crippen molar-refractivity contribution in [3.63, 3.8) is 0 Å². The first-order chi connectivity index (χ1) is 5.17. The Hall–Kier alpha value is -0.450. The van der Waals surface area contributed by atoms with Gasteiger partial charge in [-0.05, 0) is 6.92 Å². The van der Waals surface area contributed by atoms with Gasteiger partial charge in [-0.15, -0.1) is 0 Å². The summed E-state index contributed by atoms with van der Waals surface area (Å²) in [6.45, 7) is 3.90. The van der Waals surface area contributed by atoms with Gasteiger partial charge in [-0.1, -0.05) is 0 Å². The third-order valence-corrected chi connectivity index (χ3v) is 1.87. The van der Waals surface area contributed by atoms with Crippen LogP contribution in [-0.2, 0) is 9.53 Å². The van der Waals surface area contributed by atoms with Crippen molar-refractivity contribution in [3.05, 3.63) is 0 Å². The second-order valence-electron chi connectivity index (χ2n) is 2.81. The quantitative estimate of drug-likeness (QED) is 0.537. The summed E-state index contributed by atoms with van der Waals surface area (Å²) in [4.78, 5) is 12.1. The van der Waals surface area contributed by atoms with E-state index in [1.165, 1.54) is 6.92 Å². The van der Waals surface area contributed by atoms with Crippen LogP contribution in [0.15, 0.2) is 0 Å². The normalized spacial score (nSPS) is 26.0. The van der Waals surface area contributed by atoms with E-state index in [1.54, 1.807) is 4.90 Å². The summed E-state index contributed by atoms with van der Waals surface area (Å²) in [5.41, 5.74) is -1.32. The lowest BCUT2D eigenvalue weighted by molar-refractivity contribution is -0.152. The molecule has 1 aliphatic rings. The second-order valence-corrected chi connectivity index (χ2v) is 2.81. The van der Waals surface area contributed by atoms with Gasteiger partial charge in [0.1, 0.15) is 0 Å². The standard InChI is InChI=1S/C7H13NO3/c1-7(10,6-9)8-2-4-11-5-3-8/h6,10H,2-5H2,1H3. The third kappa shape index (κ3) is 1.99. The summed E-state index contributed by atoms with van der Waals surface area (Å²) in [6, 6.07) is 0. The fourth-order valence-electron chi connectivity index (χ4n) is 1.09. The van der Waals surface area contributed by atoms with Crippen LogP contribution in [0.25, 0.3) is 0 Å². The van der Waals surface area contributed by atoms with Crippen molar-refractivity contribution in [2.24, 2.45) is 0 Å². The number of hydrogen-bond donors (Lipinski definition) is 1. The number of aliphatic hydroxyl groups is 1. The zero-order chi connectivity index (χ0) is 8.32. The lowest BCUT2D eigenvalue weighted by Gasteiger charge is -2.35. The van der Waals surface area contributed by atoms with E-state index >= 15 is 0 Å². The molecule has 0 spiro atoms. The van der Waals surface area contributed by atoms with Crippen LogP contribution in [0.3, 0.4) is 0 Å². The maximum absolute atomic E-state index is 10.4. The zero-order valence-electron chi connectivity index (χ0n) is 6.62. The number of ether oxygens (including phenoxy) is 1. The molecule has 1 atom stereocenters. The van der Waals surface area contributed by atoms with Crippen LogP contribution < -0.4 is 0 Å². The molecular formula is C7H13NO3. The average Bonchev–Trinajstić information content (AvgIpc) is 2.06. The lowest BCUT2D eigenvalue weighted by atomic mass is 10.2. The molecular weight excluding hydrogens is 146 g/mol. The Kier molecular flexibility index (Phi) is 2.59. The van der Waals surface area contributed by atoms with Gasteiger partial charge in [0.25, 0.3) is 0 Å². The molecule has 64 valence electrons. The summed E-state index contributed by atoms with van der Waals surface area (Å²) in [7, 11) is 0. The Bertz CT molecular complexity index is 141. The number of carbonyl (C=O) groups excluding carboxylic acids is 1. The minimum absolute atomic E-state index is 0.554. The summed E-state index contributed by atoms with van der Waals surface area (Å²) in [6.07, 6.45) is 0.554. The number of aldehydes is 1. The molecule has 1 heterocycles. The summed E-state index contributed by atoms with van der Waals surface area (Å²) in [5.74, 6) is 0. The molecule has 1 fully saturated rings. The van der Waals surface area contributed by atoms with Gasteiger partial charge in [0.05, 0.1) is 13.2 Å². The number of rotatable bonds is 2. The van der Waals surface area contributed by atoms with Crippen LogP contribution in [0, 0.1) is 0 Å². The van der Waals surface area contributed by atoms with E-state index in [0.29, 0.717) is 32.6 Å². The number of nitrogens with zero attached hydrogens (tertiary/aromatic N) is 1. The highest BCUT2D eigenvalue weighted by molar-refractivity contribution is 5.60. The van der Waals surface area contributed by atoms with E-state index in [-0.39, 0.29) is 0 Å². The Morgan fingerprint density at radius 3 is 2.55 bits per heavy atom. The predicted octanol–water partition coefficient (Wildman–Crippen LogP) is -0.774. The molecule has 1 aliphatic heterocycles. The first kappa shape index (κ1) is 8.64. The zero-order valence-corrected chi connectivity index (χ0v) is 6.62. The average molecular weight is 159 g/mol. The van der Waals surface area contributed by atoms with E-state index in [9.17, 15) is 9.90 Å². The van der Waals surface area contributed by atoms with Gasteiger partial charge in [0.15, 0.2) is 12.0 Å². The molecule has 0 aliphatic carbocycles. The molecule has 0 saturated carbocycles. The smallest absolute Gasteiger partial charge is 0.172 e. The molecule has 0 aromatic carbocycles. The summed E-state index contributed by atoms with van der Waals surface area (Å²) in [5, 5.41) is 9.45. The Morgan fingerprint density at radius 1 is 1.55 bits per heavy atom. The summed E-state index contributed by atoms with van der Waals surface area (Å²) < 4.78 is 5.07. The molecule has 0 aromatic rings. The molecule has 4 heteroatoms. The van der Waals surface area contributed by atoms with Gasteiger partial charge in [0, 0.05) is 13.1 Å². The monoisotopic (exact) mass is 159 g/mol. The molecule has 0 aromatic heterocycles. The van der Waals surface area contributed by atoms with Crippen LogP contribution in [-0.4, -0.2) is 48.3 Å². The topological polar surface area (TPSA) is 49.8 Å². The van der Waals surface area contributed by atoms with Crippen molar-refractivity contribution in [1.82, 2.24) is 4.90 Å². The maximum atomic E-state index is 10.4. The van der Waals surface area contributed by atoms with Crippen molar-refractivity contribution < 1.29 is 14.6 Å². The van der Waals surface area contributed by atoms with Gasteiger partial charge >= 0.3 is 0 Å². The number of hydrogen-bond acceptors (Lipinski definition) is 4. The molecule has 0 amide bonds. The number of morpholine rings is 1. The first-order valence-corrected chi connectivity index (χ1v) is 3.68. The minimum atomic E-state index is -1.32.